The van der Waals surface area contributed by atoms with Gasteiger partial charge in [-0.15, -0.1) is 0 Å². The lowest BCUT2D eigenvalue weighted by molar-refractivity contribution is 0.205. The molecule has 2 N–H and O–H groups in total. The minimum atomic E-state index is -0.00983. The summed E-state index contributed by atoms with van der Waals surface area (Å²) in [6, 6.07) is 0. The second-order valence-corrected chi connectivity index (χ2v) is 6.63. The Bertz CT molecular complexity index is 461. The fourth-order valence-corrected chi connectivity index (χ4v) is 3.60. The summed E-state index contributed by atoms with van der Waals surface area (Å²) >= 11 is 0. The van der Waals surface area contributed by atoms with Crippen molar-refractivity contribution in [2.24, 2.45) is 28.5 Å². The SMILES string of the molecule is C=C(/C=C1\CC(N)N(C)C=N1)OCCC1[C@H]2CN(C)C[C@@H]12. The fourth-order valence-electron chi connectivity index (χ4n) is 3.60. The summed E-state index contributed by atoms with van der Waals surface area (Å²) in [7, 11) is 4.14. The summed E-state index contributed by atoms with van der Waals surface area (Å²) < 4.78 is 5.74. The van der Waals surface area contributed by atoms with Crippen molar-refractivity contribution in [3.63, 3.8) is 0 Å². The monoisotopic (exact) mass is 290 g/mol. The average Bonchev–Trinajstić information content (AvgIpc) is 2.89. The van der Waals surface area contributed by atoms with E-state index in [-0.39, 0.29) is 6.17 Å². The molecule has 4 atom stereocenters. The van der Waals surface area contributed by atoms with Gasteiger partial charge in [-0.05, 0) is 31.2 Å². The molecule has 0 aromatic rings. The molecule has 1 saturated carbocycles. The molecule has 0 spiro atoms. The molecule has 0 aromatic heterocycles. The quantitative estimate of drug-likeness (QED) is 0.774. The van der Waals surface area contributed by atoms with Gasteiger partial charge in [0, 0.05) is 38.3 Å². The van der Waals surface area contributed by atoms with Crippen LogP contribution in [-0.4, -0.2) is 56.1 Å². The van der Waals surface area contributed by atoms with Crippen LogP contribution in [0.15, 0.2) is 29.1 Å². The number of rotatable bonds is 5. The number of aliphatic imine (C=N–C) groups is 1. The summed E-state index contributed by atoms with van der Waals surface area (Å²) in [4.78, 5) is 8.68. The lowest BCUT2D eigenvalue weighted by atomic mass is 10.2. The molecule has 1 saturated heterocycles. The van der Waals surface area contributed by atoms with E-state index in [1.165, 1.54) is 13.1 Å². The van der Waals surface area contributed by atoms with Crippen molar-refractivity contribution in [2.45, 2.75) is 19.0 Å². The second-order valence-electron chi connectivity index (χ2n) is 6.63. The lowest BCUT2D eigenvalue weighted by Gasteiger charge is -2.26. The zero-order chi connectivity index (χ0) is 15.0. The molecule has 116 valence electrons. The lowest BCUT2D eigenvalue weighted by Crippen LogP contribution is -2.40. The van der Waals surface area contributed by atoms with Gasteiger partial charge in [0.05, 0.1) is 19.1 Å². The van der Waals surface area contributed by atoms with Crippen LogP contribution >= 0.6 is 0 Å². The normalized spacial score (nSPS) is 36.9. The molecule has 1 aliphatic carbocycles. The van der Waals surface area contributed by atoms with Crippen LogP contribution in [0.25, 0.3) is 0 Å². The predicted octanol–water partition coefficient (Wildman–Crippen LogP) is 1.25. The number of nitrogens with zero attached hydrogens (tertiary/aromatic N) is 3. The minimum absolute atomic E-state index is 0.00983. The Morgan fingerprint density at radius 3 is 2.86 bits per heavy atom. The highest BCUT2D eigenvalue weighted by atomic mass is 16.5. The molecule has 2 heterocycles. The Kier molecular flexibility index (Phi) is 4.04. The Morgan fingerprint density at radius 2 is 2.19 bits per heavy atom. The van der Waals surface area contributed by atoms with Gasteiger partial charge in [0.1, 0.15) is 5.76 Å². The number of allylic oxidation sites excluding steroid dienone is 1. The van der Waals surface area contributed by atoms with E-state index in [0.29, 0.717) is 5.76 Å². The first-order valence-electron chi connectivity index (χ1n) is 7.77. The number of hydrogen-bond donors (Lipinski definition) is 1. The van der Waals surface area contributed by atoms with E-state index in [4.69, 9.17) is 10.5 Å². The maximum atomic E-state index is 5.98. The van der Waals surface area contributed by atoms with Gasteiger partial charge >= 0.3 is 0 Å². The van der Waals surface area contributed by atoms with Gasteiger partial charge in [-0.1, -0.05) is 6.58 Å². The molecule has 2 fully saturated rings. The fraction of sp³-hybridized carbons (Fsp3) is 0.688. The number of piperidine rings is 1. The molecule has 2 aliphatic heterocycles. The summed E-state index contributed by atoms with van der Waals surface area (Å²) in [5.74, 6) is 3.40. The molecule has 3 rings (SSSR count). The standard InChI is InChI=1S/C16H26N4O/c1-11(6-12-7-16(17)20(3)10-18-12)21-5-4-13-14-8-19(2)9-15(13)14/h6,10,13-16H,1,4-5,7-9,17H2,2-3H3/b12-6+/t13?,14-,15+,16?. The van der Waals surface area contributed by atoms with Crippen LogP contribution < -0.4 is 5.73 Å². The van der Waals surface area contributed by atoms with E-state index >= 15 is 0 Å². The molecule has 0 amide bonds. The molecule has 0 aromatic carbocycles. The molecule has 21 heavy (non-hydrogen) atoms. The molecule has 3 aliphatic rings. The summed E-state index contributed by atoms with van der Waals surface area (Å²) in [6.45, 7) is 7.25. The number of likely N-dealkylation sites (tertiary alicyclic amines) is 1. The van der Waals surface area contributed by atoms with Crippen molar-refractivity contribution in [3.05, 3.63) is 24.1 Å². The van der Waals surface area contributed by atoms with E-state index in [0.717, 1.165) is 42.9 Å². The van der Waals surface area contributed by atoms with Crippen molar-refractivity contribution < 1.29 is 4.74 Å². The Hall–Kier alpha value is -1.33. The van der Waals surface area contributed by atoms with E-state index in [1.807, 2.05) is 18.0 Å². The van der Waals surface area contributed by atoms with Crippen LogP contribution in [0.2, 0.25) is 0 Å². The first kappa shape index (κ1) is 14.6. The number of hydrogen-bond acceptors (Lipinski definition) is 5. The van der Waals surface area contributed by atoms with Gasteiger partial charge in [-0.2, -0.15) is 0 Å². The first-order valence-corrected chi connectivity index (χ1v) is 7.77. The number of fused-ring (bicyclic) bond motifs is 1. The van der Waals surface area contributed by atoms with Crippen molar-refractivity contribution in [1.82, 2.24) is 9.80 Å². The molecular formula is C16H26N4O. The first-order chi connectivity index (χ1) is 10.0. The highest BCUT2D eigenvalue weighted by Gasteiger charge is 2.53. The van der Waals surface area contributed by atoms with Crippen molar-refractivity contribution in [1.29, 1.82) is 0 Å². The van der Waals surface area contributed by atoms with Crippen LogP contribution in [0, 0.1) is 17.8 Å². The smallest absolute Gasteiger partial charge is 0.113 e. The predicted molar refractivity (Wildman–Crippen MR) is 84.6 cm³/mol. The number of ether oxygens (including phenoxy) is 1. The molecular weight excluding hydrogens is 264 g/mol. The second kappa shape index (κ2) is 5.81. The Morgan fingerprint density at radius 1 is 1.48 bits per heavy atom. The largest absolute Gasteiger partial charge is 0.494 e. The number of nitrogens with two attached hydrogens (primary N) is 1. The van der Waals surface area contributed by atoms with Crippen LogP contribution in [-0.2, 0) is 4.74 Å². The highest BCUT2D eigenvalue weighted by molar-refractivity contribution is 5.58. The summed E-state index contributed by atoms with van der Waals surface area (Å²) in [6.07, 6.45) is 5.54. The Labute approximate surface area is 127 Å². The van der Waals surface area contributed by atoms with Gasteiger partial charge < -0.3 is 20.3 Å². The molecule has 0 bridgehead atoms. The maximum Gasteiger partial charge on any atom is 0.113 e. The zero-order valence-electron chi connectivity index (χ0n) is 13.0. The average molecular weight is 290 g/mol. The summed E-state index contributed by atoms with van der Waals surface area (Å²) in [5, 5.41) is 0. The minimum Gasteiger partial charge on any atom is -0.494 e. The molecule has 0 radical (unpaired) electrons. The van der Waals surface area contributed by atoms with Crippen molar-refractivity contribution in [3.8, 4) is 0 Å². The van der Waals surface area contributed by atoms with Gasteiger partial charge in [0.25, 0.3) is 0 Å². The van der Waals surface area contributed by atoms with Crippen LogP contribution in [0.1, 0.15) is 12.8 Å². The van der Waals surface area contributed by atoms with Gasteiger partial charge in [-0.3, -0.25) is 0 Å². The maximum absolute atomic E-state index is 5.98. The van der Waals surface area contributed by atoms with Crippen LogP contribution in [0.3, 0.4) is 0 Å². The van der Waals surface area contributed by atoms with Crippen molar-refractivity contribution >= 4 is 6.34 Å². The van der Waals surface area contributed by atoms with Gasteiger partial charge in [-0.25, -0.2) is 4.99 Å². The van der Waals surface area contributed by atoms with Gasteiger partial charge in [0.2, 0.25) is 0 Å². The topological polar surface area (TPSA) is 54.1 Å². The van der Waals surface area contributed by atoms with Crippen LogP contribution in [0.5, 0.6) is 0 Å². The molecule has 5 heteroatoms. The van der Waals surface area contributed by atoms with Crippen molar-refractivity contribution in [2.75, 3.05) is 33.8 Å². The summed E-state index contributed by atoms with van der Waals surface area (Å²) in [5.41, 5.74) is 6.92. The Balaban J connectivity index is 1.38. The third-order valence-electron chi connectivity index (χ3n) is 4.97. The van der Waals surface area contributed by atoms with E-state index < -0.39 is 0 Å². The van der Waals surface area contributed by atoms with Gasteiger partial charge in [0.15, 0.2) is 0 Å². The highest BCUT2D eigenvalue weighted by Crippen LogP contribution is 2.53. The third-order valence-corrected chi connectivity index (χ3v) is 4.97. The molecule has 2 unspecified atom stereocenters. The van der Waals surface area contributed by atoms with Crippen LogP contribution in [0.4, 0.5) is 0 Å². The zero-order valence-corrected chi connectivity index (χ0v) is 13.0. The van der Waals surface area contributed by atoms with E-state index in [9.17, 15) is 0 Å². The van der Waals surface area contributed by atoms with E-state index in [1.54, 1.807) is 6.34 Å². The molecule has 5 nitrogen and oxygen atoms in total. The third kappa shape index (κ3) is 3.30. The van der Waals surface area contributed by atoms with E-state index in [2.05, 4.69) is 23.5 Å².